The number of β-amino-alcohol motifs (C(OH)–C–C–N with tert-alkyl or cyclic N) is 1. The second kappa shape index (κ2) is 6.42. The van der Waals surface area contributed by atoms with Crippen LogP contribution in [0.2, 0.25) is 0 Å². The van der Waals surface area contributed by atoms with Crippen molar-refractivity contribution in [1.82, 2.24) is 4.90 Å². The van der Waals surface area contributed by atoms with Gasteiger partial charge in [-0.15, -0.1) is 0 Å². The van der Waals surface area contributed by atoms with Gasteiger partial charge in [-0.25, -0.2) is 0 Å². The second-order valence-electron chi connectivity index (χ2n) is 6.03. The van der Waals surface area contributed by atoms with Gasteiger partial charge in [-0.3, -0.25) is 9.69 Å². The summed E-state index contributed by atoms with van der Waals surface area (Å²) in [6.07, 6.45) is -0.355. The molecule has 1 heterocycles. The summed E-state index contributed by atoms with van der Waals surface area (Å²) in [5, 5.41) is 10.4. The molecule has 0 unspecified atom stereocenters. The number of Topliss-reactive ketones (excluding diaryl/α,β-unsaturated/α-hetero) is 1. The summed E-state index contributed by atoms with van der Waals surface area (Å²) in [4.78, 5) is 13.6. The fraction of sp³-hybridized carbons (Fsp3) is 0.316. The molecule has 114 valence electrons. The Labute approximate surface area is 131 Å². The van der Waals surface area contributed by atoms with Crippen molar-refractivity contribution in [1.29, 1.82) is 0 Å². The summed E-state index contributed by atoms with van der Waals surface area (Å²) < 4.78 is 0. The molecule has 1 saturated heterocycles. The maximum atomic E-state index is 11.3. The number of benzene rings is 2. The van der Waals surface area contributed by atoms with Gasteiger partial charge in [0.05, 0.1) is 6.10 Å². The molecule has 0 saturated carbocycles. The molecule has 1 N–H and O–H groups in total. The minimum atomic E-state index is -0.355. The van der Waals surface area contributed by atoms with Crippen molar-refractivity contribution in [3.63, 3.8) is 0 Å². The highest BCUT2D eigenvalue weighted by molar-refractivity contribution is 5.94. The minimum Gasteiger partial charge on any atom is -0.391 e. The highest BCUT2D eigenvalue weighted by Gasteiger charge is 2.32. The van der Waals surface area contributed by atoms with Crippen molar-refractivity contribution in [2.24, 2.45) is 0 Å². The van der Waals surface area contributed by atoms with E-state index in [4.69, 9.17) is 0 Å². The lowest BCUT2D eigenvalue weighted by Crippen LogP contribution is -2.21. The SMILES string of the molecule is CC(=O)c1ccc([C@@H]2CN(Cc3ccccc3)C[C@H]2O)cc1. The number of rotatable bonds is 4. The summed E-state index contributed by atoms with van der Waals surface area (Å²) in [5.74, 6) is 0.189. The third-order valence-corrected chi connectivity index (χ3v) is 4.36. The van der Waals surface area contributed by atoms with Crippen LogP contribution in [-0.2, 0) is 6.54 Å². The number of nitrogens with zero attached hydrogens (tertiary/aromatic N) is 1. The van der Waals surface area contributed by atoms with E-state index in [1.165, 1.54) is 5.56 Å². The van der Waals surface area contributed by atoms with E-state index in [-0.39, 0.29) is 17.8 Å². The summed E-state index contributed by atoms with van der Waals surface area (Å²) >= 11 is 0. The fourth-order valence-corrected chi connectivity index (χ4v) is 3.13. The zero-order valence-electron chi connectivity index (χ0n) is 12.8. The highest BCUT2D eigenvalue weighted by atomic mass is 16.3. The first-order valence-electron chi connectivity index (χ1n) is 7.69. The summed E-state index contributed by atoms with van der Waals surface area (Å²) in [5.41, 5.74) is 3.09. The Morgan fingerprint density at radius 2 is 1.77 bits per heavy atom. The molecule has 0 bridgehead atoms. The first-order valence-corrected chi connectivity index (χ1v) is 7.69. The maximum absolute atomic E-state index is 11.3. The predicted molar refractivity (Wildman–Crippen MR) is 86.9 cm³/mol. The number of carbonyl (C=O) groups is 1. The van der Waals surface area contributed by atoms with Crippen LogP contribution in [0.3, 0.4) is 0 Å². The van der Waals surface area contributed by atoms with E-state index >= 15 is 0 Å². The molecule has 3 rings (SSSR count). The van der Waals surface area contributed by atoms with Crippen molar-refractivity contribution in [2.75, 3.05) is 13.1 Å². The second-order valence-corrected chi connectivity index (χ2v) is 6.03. The van der Waals surface area contributed by atoms with Crippen molar-refractivity contribution >= 4 is 5.78 Å². The van der Waals surface area contributed by atoms with Gasteiger partial charge in [0.2, 0.25) is 0 Å². The van der Waals surface area contributed by atoms with Gasteiger partial charge in [0, 0.05) is 31.1 Å². The number of hydrogen-bond acceptors (Lipinski definition) is 3. The Bertz CT molecular complexity index is 636. The molecule has 3 heteroatoms. The Hall–Kier alpha value is -1.97. The van der Waals surface area contributed by atoms with Gasteiger partial charge in [0.1, 0.15) is 0 Å². The van der Waals surface area contributed by atoms with E-state index in [2.05, 4.69) is 17.0 Å². The van der Waals surface area contributed by atoms with E-state index in [0.29, 0.717) is 6.54 Å². The standard InChI is InChI=1S/C19H21NO2/c1-14(21)16-7-9-17(10-8-16)18-12-20(13-19(18)22)11-15-5-3-2-4-6-15/h2-10,18-19,22H,11-13H2,1H3/t18-,19+/m0/s1. The van der Waals surface area contributed by atoms with E-state index in [1.807, 2.05) is 42.5 Å². The molecule has 0 aliphatic carbocycles. The monoisotopic (exact) mass is 295 g/mol. The van der Waals surface area contributed by atoms with E-state index in [0.717, 1.165) is 24.2 Å². The molecule has 1 aliphatic heterocycles. The van der Waals surface area contributed by atoms with Crippen LogP contribution in [0.5, 0.6) is 0 Å². The summed E-state index contributed by atoms with van der Waals surface area (Å²) in [7, 11) is 0. The number of carbonyl (C=O) groups excluding carboxylic acids is 1. The lowest BCUT2D eigenvalue weighted by Gasteiger charge is -2.16. The van der Waals surface area contributed by atoms with Crippen LogP contribution >= 0.6 is 0 Å². The van der Waals surface area contributed by atoms with Gasteiger partial charge in [-0.1, -0.05) is 54.6 Å². The zero-order valence-corrected chi connectivity index (χ0v) is 12.8. The Kier molecular flexibility index (Phi) is 4.36. The largest absolute Gasteiger partial charge is 0.391 e. The van der Waals surface area contributed by atoms with E-state index < -0.39 is 0 Å². The van der Waals surface area contributed by atoms with Crippen LogP contribution in [0.4, 0.5) is 0 Å². The molecule has 1 aliphatic rings. The average Bonchev–Trinajstić information content (AvgIpc) is 2.89. The number of hydrogen-bond donors (Lipinski definition) is 1. The minimum absolute atomic E-state index is 0.0734. The lowest BCUT2D eigenvalue weighted by molar-refractivity contribution is 0.101. The Morgan fingerprint density at radius 3 is 2.41 bits per heavy atom. The van der Waals surface area contributed by atoms with Crippen LogP contribution in [0.25, 0.3) is 0 Å². The molecule has 0 spiro atoms. The molecule has 3 nitrogen and oxygen atoms in total. The van der Waals surface area contributed by atoms with Gasteiger partial charge in [-0.2, -0.15) is 0 Å². The number of ketones is 1. The van der Waals surface area contributed by atoms with Crippen LogP contribution in [0.15, 0.2) is 54.6 Å². The molecular formula is C19H21NO2. The highest BCUT2D eigenvalue weighted by Crippen LogP contribution is 2.29. The molecular weight excluding hydrogens is 274 g/mol. The molecule has 0 radical (unpaired) electrons. The lowest BCUT2D eigenvalue weighted by atomic mass is 9.95. The topological polar surface area (TPSA) is 40.5 Å². The molecule has 2 aromatic rings. The Balaban J connectivity index is 1.69. The van der Waals surface area contributed by atoms with Gasteiger partial charge < -0.3 is 5.11 Å². The molecule has 2 aromatic carbocycles. The molecule has 2 atom stereocenters. The predicted octanol–water partition coefficient (Wildman–Crippen LogP) is 2.85. The third-order valence-electron chi connectivity index (χ3n) is 4.36. The zero-order chi connectivity index (χ0) is 15.5. The first-order chi connectivity index (χ1) is 10.6. The van der Waals surface area contributed by atoms with Crippen molar-refractivity contribution in [2.45, 2.75) is 25.5 Å². The van der Waals surface area contributed by atoms with E-state index in [9.17, 15) is 9.90 Å². The smallest absolute Gasteiger partial charge is 0.159 e. The number of aliphatic hydroxyl groups excluding tert-OH is 1. The quantitative estimate of drug-likeness (QED) is 0.882. The molecule has 1 fully saturated rings. The normalized spacial score (nSPS) is 21.9. The first kappa shape index (κ1) is 14.9. The summed E-state index contributed by atoms with van der Waals surface area (Å²) in [6, 6.07) is 18.0. The van der Waals surface area contributed by atoms with Crippen molar-refractivity contribution in [3.05, 3.63) is 71.3 Å². The average molecular weight is 295 g/mol. The summed E-state index contributed by atoms with van der Waals surface area (Å²) in [6.45, 7) is 3.96. The third kappa shape index (κ3) is 3.26. The van der Waals surface area contributed by atoms with Crippen molar-refractivity contribution < 1.29 is 9.90 Å². The fourth-order valence-electron chi connectivity index (χ4n) is 3.13. The van der Waals surface area contributed by atoms with Crippen LogP contribution in [0, 0.1) is 0 Å². The molecule has 22 heavy (non-hydrogen) atoms. The van der Waals surface area contributed by atoms with E-state index in [1.54, 1.807) is 6.92 Å². The number of likely N-dealkylation sites (tertiary alicyclic amines) is 1. The van der Waals surface area contributed by atoms with Gasteiger partial charge >= 0.3 is 0 Å². The van der Waals surface area contributed by atoms with Crippen LogP contribution < -0.4 is 0 Å². The molecule has 0 amide bonds. The van der Waals surface area contributed by atoms with Gasteiger partial charge in [0.15, 0.2) is 5.78 Å². The number of aliphatic hydroxyl groups is 1. The van der Waals surface area contributed by atoms with Crippen LogP contribution in [-0.4, -0.2) is 35.0 Å². The van der Waals surface area contributed by atoms with Crippen molar-refractivity contribution in [3.8, 4) is 0 Å². The van der Waals surface area contributed by atoms with Gasteiger partial charge in [0.25, 0.3) is 0 Å². The Morgan fingerprint density at radius 1 is 1.09 bits per heavy atom. The molecule has 0 aromatic heterocycles. The van der Waals surface area contributed by atoms with Crippen LogP contribution in [0.1, 0.15) is 34.3 Å². The maximum Gasteiger partial charge on any atom is 0.159 e. The van der Waals surface area contributed by atoms with Gasteiger partial charge in [-0.05, 0) is 18.1 Å².